The largest absolute Gasteiger partial charge is 0.461 e. The lowest BCUT2D eigenvalue weighted by atomic mass is 9.91. The first-order chi connectivity index (χ1) is 19.3. The summed E-state index contributed by atoms with van der Waals surface area (Å²) in [5.74, 6) is 0.362. The van der Waals surface area contributed by atoms with Crippen LogP contribution in [0, 0.1) is 12.7 Å². The zero-order valence-corrected chi connectivity index (χ0v) is 23.1. The summed E-state index contributed by atoms with van der Waals surface area (Å²) in [4.78, 5) is 14.4. The number of aryl methyl sites for hydroxylation is 1. The minimum atomic E-state index is -0.825. The first kappa shape index (κ1) is 26.1. The van der Waals surface area contributed by atoms with Crippen LogP contribution in [0.5, 0.6) is 6.01 Å². The van der Waals surface area contributed by atoms with Crippen molar-refractivity contribution in [1.82, 2.24) is 20.2 Å². The Bertz CT molecular complexity index is 1330. The standard InChI is InChI=1S/C30H38F2N6O2/c1-3-21-17(2)9-23(33)27(32)26(21)25-10-24-22(15-39-25)28(37-13-19-5-6-20(14-37)34-19)36-29(35-24)40-16-30-7-4-8-38(30)12-18(31)11-30/h3,9,18-20,25,34H,1,4-8,10-16,33H2,2H3. The molecule has 0 amide bonds. The summed E-state index contributed by atoms with van der Waals surface area (Å²) in [5.41, 5.74) is 9.52. The Kier molecular flexibility index (Phi) is 6.47. The number of benzene rings is 1. The monoisotopic (exact) mass is 552 g/mol. The van der Waals surface area contributed by atoms with Crippen LogP contribution < -0.4 is 20.7 Å². The minimum absolute atomic E-state index is 0.0966. The molecule has 0 saturated carbocycles. The Hall–Kier alpha value is -2.82. The molecule has 4 saturated heterocycles. The maximum absolute atomic E-state index is 15.4. The van der Waals surface area contributed by atoms with Gasteiger partial charge in [0, 0.05) is 55.7 Å². The number of halogens is 2. The zero-order valence-electron chi connectivity index (χ0n) is 23.1. The van der Waals surface area contributed by atoms with Gasteiger partial charge in [-0.25, -0.2) is 8.78 Å². The van der Waals surface area contributed by atoms with Gasteiger partial charge < -0.3 is 25.4 Å². The van der Waals surface area contributed by atoms with E-state index in [-0.39, 0.29) is 17.8 Å². The third-order valence-electron chi connectivity index (χ3n) is 9.71. The molecular formula is C30H38F2N6O2. The molecule has 5 unspecified atom stereocenters. The van der Waals surface area contributed by atoms with E-state index >= 15 is 4.39 Å². The number of piperazine rings is 1. The van der Waals surface area contributed by atoms with Gasteiger partial charge in [-0.1, -0.05) is 12.7 Å². The van der Waals surface area contributed by atoms with Gasteiger partial charge in [-0.3, -0.25) is 4.90 Å². The average Bonchev–Trinajstić information content (AvgIpc) is 3.58. The first-order valence-corrected chi connectivity index (χ1v) is 14.6. The SMILES string of the molecule is C=Cc1c(C)cc(N)c(F)c1C1Cc2nc(OCC34CCCN3CC(F)C4)nc(N3CC4CCC(C3)N4)c2CO1. The van der Waals surface area contributed by atoms with E-state index in [1.165, 1.54) is 0 Å². The molecule has 1 aromatic carbocycles. The number of rotatable bonds is 6. The van der Waals surface area contributed by atoms with E-state index in [4.69, 9.17) is 25.2 Å². The number of hydrogen-bond acceptors (Lipinski definition) is 8. The van der Waals surface area contributed by atoms with Crippen LogP contribution in [-0.2, 0) is 17.8 Å². The molecule has 2 bridgehead atoms. The van der Waals surface area contributed by atoms with Crippen LogP contribution in [0.2, 0.25) is 0 Å². The van der Waals surface area contributed by atoms with E-state index in [1.54, 1.807) is 12.1 Å². The second kappa shape index (κ2) is 9.92. The minimum Gasteiger partial charge on any atom is -0.461 e. The van der Waals surface area contributed by atoms with Gasteiger partial charge in [-0.15, -0.1) is 0 Å². The first-order valence-electron chi connectivity index (χ1n) is 14.6. The topological polar surface area (TPSA) is 88.8 Å². The van der Waals surface area contributed by atoms with E-state index < -0.39 is 18.1 Å². The summed E-state index contributed by atoms with van der Waals surface area (Å²) in [6.07, 6.45) is 5.39. The summed E-state index contributed by atoms with van der Waals surface area (Å²) in [7, 11) is 0. The molecule has 10 heteroatoms. The molecular weight excluding hydrogens is 514 g/mol. The van der Waals surface area contributed by atoms with Crippen molar-refractivity contribution < 1.29 is 18.3 Å². The molecule has 5 atom stereocenters. The second-order valence-corrected chi connectivity index (χ2v) is 12.3. The summed E-state index contributed by atoms with van der Waals surface area (Å²) in [6.45, 7) is 9.52. The zero-order chi connectivity index (χ0) is 27.6. The van der Waals surface area contributed by atoms with Crippen molar-refractivity contribution in [1.29, 1.82) is 0 Å². The molecule has 7 rings (SSSR count). The van der Waals surface area contributed by atoms with Gasteiger partial charge in [0.2, 0.25) is 0 Å². The predicted octanol–water partition coefficient (Wildman–Crippen LogP) is 3.86. The van der Waals surface area contributed by atoms with Crippen molar-refractivity contribution >= 4 is 17.6 Å². The van der Waals surface area contributed by atoms with Gasteiger partial charge in [0.05, 0.1) is 29.6 Å². The Morgan fingerprint density at radius 1 is 1.27 bits per heavy atom. The molecule has 2 aromatic rings. The van der Waals surface area contributed by atoms with Crippen LogP contribution in [0.15, 0.2) is 12.6 Å². The number of alkyl halides is 1. The Morgan fingerprint density at radius 2 is 2.08 bits per heavy atom. The molecule has 4 fully saturated rings. The van der Waals surface area contributed by atoms with E-state index in [9.17, 15) is 4.39 Å². The highest BCUT2D eigenvalue weighted by Crippen LogP contribution is 2.42. The van der Waals surface area contributed by atoms with Gasteiger partial charge in [-0.05, 0) is 56.3 Å². The molecule has 3 N–H and O–H groups in total. The fourth-order valence-electron chi connectivity index (χ4n) is 7.81. The van der Waals surface area contributed by atoms with Crippen molar-refractivity contribution in [3.05, 3.63) is 46.4 Å². The molecule has 0 aliphatic carbocycles. The van der Waals surface area contributed by atoms with Gasteiger partial charge in [0.1, 0.15) is 18.6 Å². The van der Waals surface area contributed by atoms with Gasteiger partial charge in [-0.2, -0.15) is 9.97 Å². The highest BCUT2D eigenvalue weighted by atomic mass is 19.1. The third-order valence-corrected chi connectivity index (χ3v) is 9.71. The smallest absolute Gasteiger partial charge is 0.318 e. The van der Waals surface area contributed by atoms with Crippen LogP contribution in [0.25, 0.3) is 6.08 Å². The van der Waals surface area contributed by atoms with Crippen LogP contribution >= 0.6 is 0 Å². The van der Waals surface area contributed by atoms with Crippen molar-refractivity contribution in [2.24, 2.45) is 0 Å². The Balaban J connectivity index is 1.23. The van der Waals surface area contributed by atoms with Crippen LogP contribution in [-0.4, -0.2) is 71.4 Å². The number of nitrogen functional groups attached to an aromatic ring is 1. The van der Waals surface area contributed by atoms with Crippen LogP contribution in [0.4, 0.5) is 20.3 Å². The summed E-state index contributed by atoms with van der Waals surface area (Å²) in [5, 5.41) is 3.68. The lowest BCUT2D eigenvalue weighted by Crippen LogP contribution is -2.52. The number of aromatic nitrogens is 2. The second-order valence-electron chi connectivity index (χ2n) is 12.3. The molecule has 6 heterocycles. The molecule has 214 valence electrons. The predicted molar refractivity (Wildman–Crippen MR) is 150 cm³/mol. The quantitative estimate of drug-likeness (QED) is 0.523. The number of hydrogen-bond donors (Lipinski definition) is 2. The molecule has 5 aliphatic rings. The molecule has 0 radical (unpaired) electrons. The Labute approximate surface area is 233 Å². The van der Waals surface area contributed by atoms with E-state index in [2.05, 4.69) is 21.7 Å². The molecule has 0 spiro atoms. The number of nitrogens with one attached hydrogen (secondary N) is 1. The molecule has 40 heavy (non-hydrogen) atoms. The summed E-state index contributed by atoms with van der Waals surface area (Å²) >= 11 is 0. The number of fused-ring (bicyclic) bond motifs is 4. The van der Waals surface area contributed by atoms with Crippen LogP contribution in [0.3, 0.4) is 0 Å². The van der Waals surface area contributed by atoms with Crippen molar-refractivity contribution in [3.8, 4) is 6.01 Å². The summed E-state index contributed by atoms with van der Waals surface area (Å²) in [6, 6.07) is 2.79. The van der Waals surface area contributed by atoms with Gasteiger partial charge in [0.25, 0.3) is 0 Å². The average molecular weight is 553 g/mol. The highest BCUT2D eigenvalue weighted by Gasteiger charge is 2.49. The van der Waals surface area contributed by atoms with Crippen LogP contribution in [0.1, 0.15) is 66.2 Å². The normalized spacial score (nSPS) is 31.3. The number of nitrogens with two attached hydrogens (primary N) is 1. The van der Waals surface area contributed by atoms with E-state index in [0.29, 0.717) is 55.2 Å². The fraction of sp³-hybridized carbons (Fsp3) is 0.600. The van der Waals surface area contributed by atoms with E-state index in [0.717, 1.165) is 68.0 Å². The Morgan fingerprint density at radius 3 is 2.85 bits per heavy atom. The van der Waals surface area contributed by atoms with Gasteiger partial charge in [0.15, 0.2) is 5.82 Å². The van der Waals surface area contributed by atoms with E-state index in [1.807, 2.05) is 6.92 Å². The lowest BCUT2D eigenvalue weighted by molar-refractivity contribution is 0.0231. The molecule has 8 nitrogen and oxygen atoms in total. The van der Waals surface area contributed by atoms with Crippen molar-refractivity contribution in [2.75, 3.05) is 43.4 Å². The molecule has 1 aromatic heterocycles. The van der Waals surface area contributed by atoms with Crippen molar-refractivity contribution in [2.45, 2.75) is 82.0 Å². The highest BCUT2D eigenvalue weighted by molar-refractivity contribution is 5.63. The summed E-state index contributed by atoms with van der Waals surface area (Å²) < 4.78 is 42.5. The number of anilines is 2. The third kappa shape index (κ3) is 4.35. The maximum Gasteiger partial charge on any atom is 0.318 e. The number of ether oxygens (including phenoxy) is 2. The fourth-order valence-corrected chi connectivity index (χ4v) is 7.81. The van der Waals surface area contributed by atoms with Gasteiger partial charge >= 0.3 is 6.01 Å². The van der Waals surface area contributed by atoms with Crippen molar-refractivity contribution in [3.63, 3.8) is 0 Å². The maximum atomic E-state index is 15.4. The molecule has 5 aliphatic heterocycles. The number of nitrogens with zero attached hydrogens (tertiary/aromatic N) is 4. The lowest BCUT2D eigenvalue weighted by Gasteiger charge is -2.37.